The SMILES string of the molecule is O=S(=O)(O)OCCOCCO. The van der Waals surface area contributed by atoms with Gasteiger partial charge in [-0.3, -0.25) is 4.55 Å². The van der Waals surface area contributed by atoms with Gasteiger partial charge in [0.2, 0.25) is 0 Å². The summed E-state index contributed by atoms with van der Waals surface area (Å²) in [6.07, 6.45) is 0. The minimum absolute atomic E-state index is 0.0142. The Hall–Kier alpha value is -0.210. The zero-order chi connectivity index (χ0) is 8.74. The lowest BCUT2D eigenvalue weighted by atomic mass is 10.7. The molecular formula is C4H10O6S. The fourth-order valence-corrected chi connectivity index (χ4v) is 0.644. The van der Waals surface area contributed by atoms with E-state index in [9.17, 15) is 8.42 Å². The van der Waals surface area contributed by atoms with Crippen molar-refractivity contribution in [3.8, 4) is 0 Å². The molecule has 0 atom stereocenters. The van der Waals surface area contributed by atoms with Crippen molar-refractivity contribution in [1.82, 2.24) is 0 Å². The fraction of sp³-hybridized carbons (Fsp3) is 1.00. The third kappa shape index (κ3) is 9.79. The van der Waals surface area contributed by atoms with E-state index in [0.717, 1.165) is 0 Å². The Balaban J connectivity index is 3.16. The van der Waals surface area contributed by atoms with Gasteiger partial charge in [-0.2, -0.15) is 8.42 Å². The molecule has 0 saturated carbocycles. The largest absolute Gasteiger partial charge is 0.397 e. The molecule has 0 aromatic rings. The molecule has 0 heterocycles. The van der Waals surface area contributed by atoms with E-state index in [2.05, 4.69) is 8.92 Å². The highest BCUT2D eigenvalue weighted by Gasteiger charge is 2.02. The van der Waals surface area contributed by atoms with Gasteiger partial charge in [-0.15, -0.1) is 0 Å². The summed E-state index contributed by atoms with van der Waals surface area (Å²) in [5.74, 6) is 0. The number of hydrogen-bond acceptors (Lipinski definition) is 5. The maximum absolute atomic E-state index is 9.89. The first-order valence-corrected chi connectivity index (χ1v) is 4.23. The number of ether oxygens (including phenoxy) is 1. The summed E-state index contributed by atoms with van der Waals surface area (Å²) < 4.78 is 36.3. The van der Waals surface area contributed by atoms with Gasteiger partial charge >= 0.3 is 10.4 Å². The van der Waals surface area contributed by atoms with Crippen LogP contribution in [-0.4, -0.2) is 44.5 Å². The second-order valence-corrected chi connectivity index (χ2v) is 2.68. The third-order valence-electron chi connectivity index (χ3n) is 0.696. The molecule has 68 valence electrons. The van der Waals surface area contributed by atoms with Gasteiger partial charge in [-0.25, -0.2) is 4.18 Å². The van der Waals surface area contributed by atoms with Gasteiger partial charge in [0.05, 0.1) is 26.4 Å². The summed E-state index contributed by atoms with van der Waals surface area (Å²) in [7, 11) is -4.35. The van der Waals surface area contributed by atoms with Crippen molar-refractivity contribution < 1.29 is 27.0 Å². The van der Waals surface area contributed by atoms with Gasteiger partial charge in [-0.1, -0.05) is 0 Å². The van der Waals surface area contributed by atoms with Crippen LogP contribution in [0, 0.1) is 0 Å². The highest BCUT2D eigenvalue weighted by Crippen LogP contribution is 1.85. The minimum atomic E-state index is -4.35. The van der Waals surface area contributed by atoms with Crippen molar-refractivity contribution >= 4 is 10.4 Å². The first kappa shape index (κ1) is 10.8. The molecule has 0 amide bonds. The Morgan fingerprint density at radius 2 is 1.82 bits per heavy atom. The summed E-state index contributed by atoms with van der Waals surface area (Å²) in [4.78, 5) is 0. The average molecular weight is 186 g/mol. The van der Waals surface area contributed by atoms with E-state index in [0.29, 0.717) is 0 Å². The molecule has 2 N–H and O–H groups in total. The van der Waals surface area contributed by atoms with Gasteiger partial charge in [0.1, 0.15) is 0 Å². The zero-order valence-corrected chi connectivity index (χ0v) is 6.58. The maximum atomic E-state index is 9.89. The topological polar surface area (TPSA) is 93.1 Å². The molecule has 0 fully saturated rings. The molecule has 0 rings (SSSR count). The van der Waals surface area contributed by atoms with Crippen LogP contribution in [0.3, 0.4) is 0 Å². The van der Waals surface area contributed by atoms with Crippen LogP contribution in [-0.2, 0) is 19.3 Å². The lowest BCUT2D eigenvalue weighted by Gasteiger charge is -2.00. The summed E-state index contributed by atoms with van der Waals surface area (Å²) in [5.41, 5.74) is 0. The van der Waals surface area contributed by atoms with E-state index in [1.807, 2.05) is 0 Å². The second kappa shape index (κ2) is 5.44. The van der Waals surface area contributed by atoms with Crippen molar-refractivity contribution in [2.45, 2.75) is 0 Å². The van der Waals surface area contributed by atoms with Crippen molar-refractivity contribution in [1.29, 1.82) is 0 Å². The van der Waals surface area contributed by atoms with Crippen molar-refractivity contribution in [2.75, 3.05) is 26.4 Å². The predicted molar refractivity (Wildman–Crippen MR) is 35.4 cm³/mol. The molecule has 0 spiro atoms. The van der Waals surface area contributed by atoms with Crippen LogP contribution in [0.2, 0.25) is 0 Å². The predicted octanol–water partition coefficient (Wildman–Crippen LogP) is -1.19. The summed E-state index contributed by atoms with van der Waals surface area (Å²) in [5, 5.41) is 8.19. The van der Waals surface area contributed by atoms with E-state index in [-0.39, 0.29) is 26.4 Å². The average Bonchev–Trinajstić information content (AvgIpc) is 1.85. The molecular weight excluding hydrogens is 176 g/mol. The monoisotopic (exact) mass is 186 g/mol. The molecule has 0 aromatic carbocycles. The van der Waals surface area contributed by atoms with E-state index in [1.165, 1.54) is 0 Å². The van der Waals surface area contributed by atoms with Crippen LogP contribution in [0.25, 0.3) is 0 Å². The molecule has 11 heavy (non-hydrogen) atoms. The van der Waals surface area contributed by atoms with Gasteiger partial charge in [0.15, 0.2) is 0 Å². The maximum Gasteiger partial charge on any atom is 0.397 e. The number of rotatable bonds is 6. The van der Waals surface area contributed by atoms with Crippen molar-refractivity contribution in [3.05, 3.63) is 0 Å². The van der Waals surface area contributed by atoms with Crippen LogP contribution in [0.15, 0.2) is 0 Å². The molecule has 0 bridgehead atoms. The van der Waals surface area contributed by atoms with Gasteiger partial charge in [-0.05, 0) is 0 Å². The molecule has 0 aromatic heterocycles. The Labute approximate surface area is 64.7 Å². The van der Waals surface area contributed by atoms with E-state index in [4.69, 9.17) is 9.66 Å². The van der Waals surface area contributed by atoms with Gasteiger partial charge in [0, 0.05) is 0 Å². The first-order valence-electron chi connectivity index (χ1n) is 2.86. The van der Waals surface area contributed by atoms with Crippen molar-refractivity contribution in [2.24, 2.45) is 0 Å². The number of aliphatic hydroxyl groups excluding tert-OH is 1. The van der Waals surface area contributed by atoms with Crippen molar-refractivity contribution in [3.63, 3.8) is 0 Å². The molecule has 0 saturated heterocycles. The quantitative estimate of drug-likeness (QED) is 0.400. The Kier molecular flexibility index (Phi) is 5.34. The Morgan fingerprint density at radius 1 is 1.18 bits per heavy atom. The van der Waals surface area contributed by atoms with Crippen LogP contribution in [0.4, 0.5) is 0 Å². The van der Waals surface area contributed by atoms with Gasteiger partial charge in [0.25, 0.3) is 0 Å². The fourth-order valence-electron chi connectivity index (χ4n) is 0.365. The standard InChI is InChI=1S/C4H10O6S/c5-1-2-9-3-4-10-11(6,7)8/h5H,1-4H2,(H,6,7,8). The Bertz CT molecular complexity index is 173. The molecule has 6 nitrogen and oxygen atoms in total. The highest BCUT2D eigenvalue weighted by atomic mass is 32.3. The molecule has 0 aliphatic rings. The highest BCUT2D eigenvalue weighted by molar-refractivity contribution is 7.80. The summed E-state index contributed by atoms with van der Waals surface area (Å²) >= 11 is 0. The van der Waals surface area contributed by atoms with Crippen LogP contribution in [0.5, 0.6) is 0 Å². The lowest BCUT2D eigenvalue weighted by Crippen LogP contribution is -2.11. The van der Waals surface area contributed by atoms with Gasteiger partial charge < -0.3 is 9.84 Å². The summed E-state index contributed by atoms with van der Waals surface area (Å²) in [6.45, 7) is -0.250. The second-order valence-electron chi connectivity index (χ2n) is 1.59. The Morgan fingerprint density at radius 3 is 2.27 bits per heavy atom. The normalized spacial score (nSPS) is 11.8. The van der Waals surface area contributed by atoms with Crippen LogP contribution in [0.1, 0.15) is 0 Å². The summed E-state index contributed by atoms with van der Waals surface area (Å²) in [6, 6.07) is 0. The lowest BCUT2D eigenvalue weighted by molar-refractivity contribution is 0.0691. The molecule has 0 radical (unpaired) electrons. The smallest absolute Gasteiger partial charge is 0.394 e. The van der Waals surface area contributed by atoms with E-state index >= 15 is 0 Å². The minimum Gasteiger partial charge on any atom is -0.394 e. The number of aliphatic hydroxyl groups is 1. The molecule has 0 aliphatic carbocycles. The molecule has 0 unspecified atom stereocenters. The molecule has 7 heteroatoms. The first-order chi connectivity index (χ1) is 5.06. The third-order valence-corrected chi connectivity index (χ3v) is 1.16. The van der Waals surface area contributed by atoms with E-state index in [1.54, 1.807) is 0 Å². The van der Waals surface area contributed by atoms with Crippen LogP contribution < -0.4 is 0 Å². The number of hydrogen-bond donors (Lipinski definition) is 2. The van der Waals surface area contributed by atoms with E-state index < -0.39 is 10.4 Å². The zero-order valence-electron chi connectivity index (χ0n) is 5.76. The molecule has 0 aliphatic heterocycles. The van der Waals surface area contributed by atoms with Crippen LogP contribution >= 0.6 is 0 Å².